The Kier molecular flexibility index (Phi) is 6.12. The first-order valence-electron chi connectivity index (χ1n) is 9.12. The maximum Gasteiger partial charge on any atom is 0.225 e. The Labute approximate surface area is 155 Å². The van der Waals surface area contributed by atoms with Crippen molar-refractivity contribution in [1.82, 2.24) is 4.90 Å². The standard InChI is InChI=1S/C21H27N3O2/c1-17-6-5-7-18(16-17)22-21(25)10-11-23-12-14-24(15-13-23)19-8-3-4-9-20(19)26-2/h3-9,16H,10-15H2,1-2H3,(H,22,25). The molecule has 1 heterocycles. The van der Waals surface area contributed by atoms with Crippen molar-refractivity contribution < 1.29 is 9.53 Å². The lowest BCUT2D eigenvalue weighted by Crippen LogP contribution is -2.47. The molecule has 1 aliphatic heterocycles. The van der Waals surface area contributed by atoms with Crippen LogP contribution in [0, 0.1) is 6.92 Å². The number of amides is 1. The van der Waals surface area contributed by atoms with Gasteiger partial charge in [0.25, 0.3) is 0 Å². The van der Waals surface area contributed by atoms with Crippen LogP contribution in [-0.4, -0.2) is 50.6 Å². The van der Waals surface area contributed by atoms with E-state index in [0.29, 0.717) is 6.42 Å². The first-order valence-corrected chi connectivity index (χ1v) is 9.12. The van der Waals surface area contributed by atoms with Gasteiger partial charge in [-0.25, -0.2) is 0 Å². The Hall–Kier alpha value is -2.53. The zero-order valence-corrected chi connectivity index (χ0v) is 15.6. The fourth-order valence-electron chi connectivity index (χ4n) is 3.31. The van der Waals surface area contributed by atoms with Gasteiger partial charge in [0.15, 0.2) is 0 Å². The normalized spacial score (nSPS) is 14.9. The number of methoxy groups -OCH3 is 1. The molecule has 5 heteroatoms. The molecule has 0 aliphatic carbocycles. The summed E-state index contributed by atoms with van der Waals surface area (Å²) < 4.78 is 5.46. The second kappa shape index (κ2) is 8.72. The molecule has 1 aliphatic rings. The summed E-state index contributed by atoms with van der Waals surface area (Å²) in [6, 6.07) is 16.0. The summed E-state index contributed by atoms with van der Waals surface area (Å²) in [7, 11) is 1.71. The van der Waals surface area contributed by atoms with Crippen molar-refractivity contribution in [3.05, 3.63) is 54.1 Å². The van der Waals surface area contributed by atoms with Gasteiger partial charge in [-0.15, -0.1) is 0 Å². The number of hydrogen-bond donors (Lipinski definition) is 1. The van der Waals surface area contributed by atoms with Crippen LogP contribution in [-0.2, 0) is 4.79 Å². The van der Waals surface area contributed by atoms with E-state index in [1.165, 1.54) is 0 Å². The number of benzene rings is 2. The second-order valence-corrected chi connectivity index (χ2v) is 6.67. The summed E-state index contributed by atoms with van der Waals surface area (Å²) in [5, 5.41) is 2.98. The zero-order valence-electron chi connectivity index (χ0n) is 15.6. The van der Waals surface area contributed by atoms with E-state index in [0.717, 1.165) is 55.4 Å². The average Bonchev–Trinajstić information content (AvgIpc) is 2.67. The molecule has 0 bridgehead atoms. The quantitative estimate of drug-likeness (QED) is 0.866. The Morgan fingerprint density at radius 3 is 2.58 bits per heavy atom. The summed E-state index contributed by atoms with van der Waals surface area (Å²) in [6.45, 7) is 6.61. The number of carbonyl (C=O) groups excluding carboxylic acids is 1. The number of para-hydroxylation sites is 2. The van der Waals surface area contributed by atoms with E-state index in [-0.39, 0.29) is 5.91 Å². The van der Waals surface area contributed by atoms with Crippen molar-refractivity contribution in [2.45, 2.75) is 13.3 Å². The number of rotatable bonds is 6. The SMILES string of the molecule is COc1ccccc1N1CCN(CCC(=O)Nc2cccc(C)c2)CC1. The van der Waals surface area contributed by atoms with Gasteiger partial charge in [-0.2, -0.15) is 0 Å². The summed E-state index contributed by atoms with van der Waals surface area (Å²) >= 11 is 0. The van der Waals surface area contributed by atoms with Crippen LogP contribution in [0.3, 0.4) is 0 Å². The van der Waals surface area contributed by atoms with Crippen LogP contribution in [0.1, 0.15) is 12.0 Å². The van der Waals surface area contributed by atoms with Crippen molar-refractivity contribution in [2.75, 3.05) is 50.1 Å². The topological polar surface area (TPSA) is 44.8 Å². The molecule has 2 aromatic carbocycles. The Morgan fingerprint density at radius 1 is 1.08 bits per heavy atom. The van der Waals surface area contributed by atoms with Gasteiger partial charge in [0.2, 0.25) is 5.91 Å². The van der Waals surface area contributed by atoms with Gasteiger partial charge in [0.1, 0.15) is 5.75 Å². The molecule has 0 aromatic heterocycles. The van der Waals surface area contributed by atoms with Gasteiger partial charge >= 0.3 is 0 Å². The summed E-state index contributed by atoms with van der Waals surface area (Å²) in [4.78, 5) is 16.9. The van der Waals surface area contributed by atoms with Gasteiger partial charge in [-0.05, 0) is 36.8 Å². The lowest BCUT2D eigenvalue weighted by Gasteiger charge is -2.36. The Bertz CT molecular complexity index is 740. The first-order chi connectivity index (χ1) is 12.7. The van der Waals surface area contributed by atoms with Crippen molar-refractivity contribution in [2.24, 2.45) is 0 Å². The number of aryl methyl sites for hydroxylation is 1. The third-order valence-electron chi connectivity index (χ3n) is 4.76. The van der Waals surface area contributed by atoms with Crippen molar-refractivity contribution in [3.8, 4) is 5.75 Å². The molecule has 0 spiro atoms. The van der Waals surface area contributed by atoms with Crippen LogP contribution in [0.25, 0.3) is 0 Å². The molecule has 26 heavy (non-hydrogen) atoms. The Balaban J connectivity index is 1.45. The van der Waals surface area contributed by atoms with E-state index in [4.69, 9.17) is 4.74 Å². The molecule has 138 valence electrons. The molecule has 2 aromatic rings. The molecular formula is C21H27N3O2. The van der Waals surface area contributed by atoms with E-state index >= 15 is 0 Å². The minimum atomic E-state index is 0.0720. The van der Waals surface area contributed by atoms with E-state index in [2.05, 4.69) is 21.2 Å². The highest BCUT2D eigenvalue weighted by atomic mass is 16.5. The number of ether oxygens (including phenoxy) is 1. The molecule has 1 N–H and O–H groups in total. The molecule has 1 amide bonds. The van der Waals surface area contributed by atoms with Crippen LogP contribution in [0.5, 0.6) is 5.75 Å². The maximum absolute atomic E-state index is 12.2. The smallest absolute Gasteiger partial charge is 0.225 e. The lowest BCUT2D eigenvalue weighted by molar-refractivity contribution is -0.116. The Morgan fingerprint density at radius 2 is 1.85 bits per heavy atom. The second-order valence-electron chi connectivity index (χ2n) is 6.67. The monoisotopic (exact) mass is 353 g/mol. The number of nitrogens with one attached hydrogen (secondary N) is 1. The number of carbonyl (C=O) groups is 1. The fraction of sp³-hybridized carbons (Fsp3) is 0.381. The highest BCUT2D eigenvalue weighted by Gasteiger charge is 2.19. The van der Waals surface area contributed by atoms with Crippen LogP contribution in [0.4, 0.5) is 11.4 Å². The van der Waals surface area contributed by atoms with Crippen LogP contribution in [0.2, 0.25) is 0 Å². The van der Waals surface area contributed by atoms with E-state index < -0.39 is 0 Å². The minimum Gasteiger partial charge on any atom is -0.495 e. The summed E-state index contributed by atoms with van der Waals surface area (Å²) in [5.74, 6) is 0.987. The average molecular weight is 353 g/mol. The molecule has 1 saturated heterocycles. The van der Waals surface area contributed by atoms with Crippen LogP contribution in [0.15, 0.2) is 48.5 Å². The largest absolute Gasteiger partial charge is 0.495 e. The molecule has 5 nitrogen and oxygen atoms in total. The number of piperazine rings is 1. The molecule has 3 rings (SSSR count). The zero-order chi connectivity index (χ0) is 18.4. The van der Waals surface area contributed by atoms with Gasteiger partial charge in [-0.1, -0.05) is 24.3 Å². The highest BCUT2D eigenvalue weighted by molar-refractivity contribution is 5.90. The van der Waals surface area contributed by atoms with Crippen molar-refractivity contribution in [3.63, 3.8) is 0 Å². The third kappa shape index (κ3) is 4.76. The first kappa shape index (κ1) is 18.3. The summed E-state index contributed by atoms with van der Waals surface area (Å²) in [5.41, 5.74) is 3.16. The summed E-state index contributed by atoms with van der Waals surface area (Å²) in [6.07, 6.45) is 0.516. The predicted octanol–water partition coefficient (Wildman–Crippen LogP) is 3.15. The van der Waals surface area contributed by atoms with Gasteiger partial charge < -0.3 is 15.0 Å². The molecule has 0 saturated carbocycles. The number of anilines is 2. The molecular weight excluding hydrogens is 326 g/mol. The fourth-order valence-corrected chi connectivity index (χ4v) is 3.31. The minimum absolute atomic E-state index is 0.0720. The molecule has 0 atom stereocenters. The molecule has 0 radical (unpaired) electrons. The van der Waals surface area contributed by atoms with Gasteiger partial charge in [-0.3, -0.25) is 9.69 Å². The number of nitrogens with zero attached hydrogens (tertiary/aromatic N) is 2. The maximum atomic E-state index is 12.2. The van der Waals surface area contributed by atoms with E-state index in [1.807, 2.05) is 49.4 Å². The molecule has 1 fully saturated rings. The van der Waals surface area contributed by atoms with E-state index in [1.54, 1.807) is 7.11 Å². The van der Waals surface area contributed by atoms with E-state index in [9.17, 15) is 4.79 Å². The number of hydrogen-bond acceptors (Lipinski definition) is 4. The van der Waals surface area contributed by atoms with Gasteiger partial charge in [0.05, 0.1) is 12.8 Å². The van der Waals surface area contributed by atoms with Crippen molar-refractivity contribution in [1.29, 1.82) is 0 Å². The van der Waals surface area contributed by atoms with Crippen molar-refractivity contribution >= 4 is 17.3 Å². The molecule has 0 unspecified atom stereocenters. The van der Waals surface area contributed by atoms with Crippen LogP contribution < -0.4 is 15.0 Å². The third-order valence-corrected chi connectivity index (χ3v) is 4.76. The van der Waals surface area contributed by atoms with Gasteiger partial charge in [0, 0.05) is 44.8 Å². The predicted molar refractivity (Wildman–Crippen MR) is 106 cm³/mol. The van der Waals surface area contributed by atoms with Crippen LogP contribution >= 0.6 is 0 Å². The highest BCUT2D eigenvalue weighted by Crippen LogP contribution is 2.28. The lowest BCUT2D eigenvalue weighted by atomic mass is 10.2.